The molecule has 0 aliphatic carbocycles. The fraction of sp³-hybridized carbons (Fsp3) is 0. The van der Waals surface area contributed by atoms with Crippen LogP contribution in [-0.2, 0) is 0 Å². The molecule has 26 heavy (non-hydrogen) atoms. The van der Waals surface area contributed by atoms with E-state index in [0.717, 1.165) is 0 Å². The van der Waals surface area contributed by atoms with Gasteiger partial charge in [-0.15, -0.1) is 0 Å². The van der Waals surface area contributed by atoms with Gasteiger partial charge in [-0.05, 0) is 18.2 Å². The molecule has 0 spiro atoms. The van der Waals surface area contributed by atoms with E-state index in [-0.39, 0.29) is 27.2 Å². The highest BCUT2D eigenvalue weighted by atomic mass is 35.5. The van der Waals surface area contributed by atoms with E-state index in [2.05, 4.69) is 9.98 Å². The molecule has 1 aromatic heterocycles. The van der Waals surface area contributed by atoms with Crippen LogP contribution in [0.3, 0.4) is 0 Å². The lowest BCUT2D eigenvalue weighted by molar-refractivity contribution is 0.100. The summed E-state index contributed by atoms with van der Waals surface area (Å²) in [7, 11) is 0. The zero-order valence-electron chi connectivity index (χ0n) is 12.9. The Morgan fingerprint density at radius 1 is 1.00 bits per heavy atom. The molecule has 1 heterocycles. The molecule has 5 nitrogen and oxygen atoms in total. The van der Waals surface area contributed by atoms with Crippen LogP contribution < -0.4 is 11.5 Å². The largest absolute Gasteiger partial charge is 0.370 e. The van der Waals surface area contributed by atoms with E-state index in [1.165, 1.54) is 24.4 Å². The molecule has 0 aliphatic rings. The molecule has 0 fully saturated rings. The number of aliphatic imine (C=N–C) groups is 1. The number of hydrogen-bond donors (Lipinski definition) is 2. The van der Waals surface area contributed by atoms with Gasteiger partial charge >= 0.3 is 0 Å². The molecule has 0 unspecified atom stereocenters. The third-order valence-corrected chi connectivity index (χ3v) is 3.88. The Balaban J connectivity index is 2.30. The van der Waals surface area contributed by atoms with Crippen LogP contribution in [0.15, 0.2) is 41.5 Å². The van der Waals surface area contributed by atoms with Crippen LogP contribution in [0.25, 0.3) is 22.0 Å². The first-order chi connectivity index (χ1) is 12.3. The molecule has 4 N–H and O–H groups in total. The summed E-state index contributed by atoms with van der Waals surface area (Å²) >= 11 is 6.09. The summed E-state index contributed by atoms with van der Waals surface area (Å²) in [4.78, 5) is 19.4. The van der Waals surface area contributed by atoms with Crippen molar-refractivity contribution < 1.29 is 18.0 Å². The van der Waals surface area contributed by atoms with Gasteiger partial charge in [0.25, 0.3) is 5.91 Å². The minimum Gasteiger partial charge on any atom is -0.370 e. The zero-order valence-corrected chi connectivity index (χ0v) is 13.7. The average Bonchev–Trinajstić information content (AvgIpc) is 2.58. The van der Waals surface area contributed by atoms with E-state index in [9.17, 15) is 18.0 Å². The lowest BCUT2D eigenvalue weighted by Crippen LogP contribution is -2.24. The predicted octanol–water partition coefficient (Wildman–Crippen LogP) is 3.39. The van der Waals surface area contributed by atoms with Crippen molar-refractivity contribution in [2.75, 3.05) is 0 Å². The van der Waals surface area contributed by atoms with E-state index in [0.29, 0.717) is 17.5 Å². The molecular formula is C17H10ClF3N4O. The number of aromatic nitrogens is 1. The van der Waals surface area contributed by atoms with Crippen molar-refractivity contribution in [2.24, 2.45) is 16.5 Å². The number of hydrogen-bond acceptors (Lipinski definition) is 2. The number of carbonyl (C=O) groups is 1. The van der Waals surface area contributed by atoms with E-state index in [1.807, 2.05) is 0 Å². The number of fused-ring (bicyclic) bond motifs is 1. The Morgan fingerprint density at radius 2 is 1.69 bits per heavy atom. The van der Waals surface area contributed by atoms with E-state index in [4.69, 9.17) is 23.1 Å². The monoisotopic (exact) mass is 378 g/mol. The molecule has 132 valence electrons. The molecule has 9 heteroatoms. The van der Waals surface area contributed by atoms with E-state index in [1.54, 1.807) is 0 Å². The van der Waals surface area contributed by atoms with Crippen molar-refractivity contribution in [2.45, 2.75) is 0 Å². The summed E-state index contributed by atoms with van der Waals surface area (Å²) in [6.45, 7) is 0. The highest BCUT2D eigenvalue weighted by Gasteiger charge is 2.17. The fourth-order valence-electron chi connectivity index (χ4n) is 2.44. The zero-order chi connectivity index (χ0) is 19.0. The smallest absolute Gasteiger partial charge is 0.280 e. The summed E-state index contributed by atoms with van der Waals surface area (Å²) in [5, 5.41) is 0.911. The van der Waals surface area contributed by atoms with Crippen molar-refractivity contribution in [1.82, 2.24) is 4.98 Å². The summed E-state index contributed by atoms with van der Waals surface area (Å²) in [5.41, 5.74) is 10.2. The molecular weight excluding hydrogens is 369 g/mol. The molecule has 0 radical (unpaired) electrons. The molecule has 0 aliphatic heterocycles. The first kappa shape index (κ1) is 17.7. The van der Waals surface area contributed by atoms with Gasteiger partial charge in [0.1, 0.15) is 5.82 Å². The van der Waals surface area contributed by atoms with Gasteiger partial charge in [-0.25, -0.2) is 13.2 Å². The Kier molecular flexibility index (Phi) is 4.52. The normalized spacial score (nSPS) is 10.8. The van der Waals surface area contributed by atoms with Crippen LogP contribution in [0.1, 0.15) is 10.4 Å². The Hall–Kier alpha value is -3.13. The van der Waals surface area contributed by atoms with Crippen LogP contribution >= 0.6 is 11.6 Å². The Morgan fingerprint density at radius 3 is 2.38 bits per heavy atom. The number of nitrogens with zero attached hydrogens (tertiary/aromatic N) is 2. The third kappa shape index (κ3) is 3.18. The maximum atomic E-state index is 14.2. The van der Waals surface area contributed by atoms with Crippen molar-refractivity contribution in [1.29, 1.82) is 0 Å². The van der Waals surface area contributed by atoms with Gasteiger partial charge in [-0.1, -0.05) is 17.7 Å². The fourth-order valence-corrected chi connectivity index (χ4v) is 2.66. The van der Waals surface area contributed by atoms with Gasteiger partial charge in [0.15, 0.2) is 17.6 Å². The van der Waals surface area contributed by atoms with E-state index < -0.39 is 29.3 Å². The van der Waals surface area contributed by atoms with Crippen molar-refractivity contribution in [3.8, 4) is 11.3 Å². The third-order valence-electron chi connectivity index (χ3n) is 3.58. The summed E-state index contributed by atoms with van der Waals surface area (Å²) in [6, 6.07) is 5.37. The second kappa shape index (κ2) is 6.64. The van der Waals surface area contributed by atoms with Gasteiger partial charge in [0.2, 0.25) is 0 Å². The Bertz CT molecular complexity index is 1080. The first-order valence-corrected chi connectivity index (χ1v) is 7.53. The van der Waals surface area contributed by atoms with Crippen LogP contribution in [0.2, 0.25) is 5.02 Å². The molecule has 0 atom stereocenters. The predicted molar refractivity (Wildman–Crippen MR) is 92.2 cm³/mol. The second-order valence-electron chi connectivity index (χ2n) is 5.30. The molecule has 3 aromatic rings. The number of nitrogens with two attached hydrogens (primary N) is 2. The van der Waals surface area contributed by atoms with Crippen LogP contribution in [-0.4, -0.2) is 16.9 Å². The summed E-state index contributed by atoms with van der Waals surface area (Å²) in [6.07, 6.45) is 1.25. The number of pyridine rings is 1. The summed E-state index contributed by atoms with van der Waals surface area (Å²) in [5.74, 6) is -4.73. The minimum absolute atomic E-state index is 0.0137. The van der Waals surface area contributed by atoms with Gasteiger partial charge in [0.05, 0.1) is 10.7 Å². The van der Waals surface area contributed by atoms with Crippen LogP contribution in [0, 0.1) is 17.5 Å². The molecule has 0 saturated heterocycles. The van der Waals surface area contributed by atoms with Gasteiger partial charge in [-0.3, -0.25) is 9.78 Å². The van der Waals surface area contributed by atoms with Crippen molar-refractivity contribution >= 4 is 34.2 Å². The van der Waals surface area contributed by atoms with Crippen LogP contribution in [0.4, 0.5) is 13.2 Å². The minimum atomic E-state index is -1.33. The molecule has 1 amide bonds. The lowest BCUT2D eigenvalue weighted by atomic mass is 10.0. The molecule has 3 rings (SSSR count). The quantitative estimate of drug-likeness (QED) is 0.406. The molecule has 0 saturated carbocycles. The second-order valence-corrected chi connectivity index (χ2v) is 5.71. The number of halogens is 4. The topological polar surface area (TPSA) is 94.4 Å². The number of guanidine groups is 1. The van der Waals surface area contributed by atoms with E-state index >= 15 is 0 Å². The molecule has 2 aromatic carbocycles. The average molecular weight is 379 g/mol. The Labute approximate surface area is 150 Å². The maximum Gasteiger partial charge on any atom is 0.280 e. The first-order valence-electron chi connectivity index (χ1n) is 7.15. The van der Waals surface area contributed by atoms with Gasteiger partial charge in [-0.2, -0.15) is 4.99 Å². The number of carbonyl (C=O) groups excluding carboxylic acids is 1. The highest BCUT2D eigenvalue weighted by Crippen LogP contribution is 2.34. The van der Waals surface area contributed by atoms with Crippen molar-refractivity contribution in [3.63, 3.8) is 0 Å². The molecule has 0 bridgehead atoms. The highest BCUT2D eigenvalue weighted by molar-refractivity contribution is 6.35. The standard InChI is InChI=1S/C17H10ClF3N4O/c18-11-6-24-15(10-4-13(20)14(21)5-12(10)19)9-3-7(1-2-8(9)11)16(26)25-17(22)23/h1-6H,(H4,22,23,25,26). The number of benzene rings is 2. The van der Waals surface area contributed by atoms with Crippen molar-refractivity contribution in [3.05, 3.63) is 64.6 Å². The lowest BCUT2D eigenvalue weighted by Gasteiger charge is -2.10. The van der Waals surface area contributed by atoms with Gasteiger partial charge < -0.3 is 11.5 Å². The SMILES string of the molecule is NC(N)=NC(=O)c1ccc2c(Cl)cnc(-c3cc(F)c(F)cc3F)c2c1. The number of rotatable bonds is 2. The summed E-state index contributed by atoms with van der Waals surface area (Å²) < 4.78 is 41.0. The van der Waals surface area contributed by atoms with Crippen LogP contribution in [0.5, 0.6) is 0 Å². The maximum absolute atomic E-state index is 14.2. The van der Waals surface area contributed by atoms with Gasteiger partial charge in [0, 0.05) is 34.2 Å². The number of amides is 1.